The number of ether oxygens (including phenoxy) is 1. The van der Waals surface area contributed by atoms with Crippen LogP contribution in [0.2, 0.25) is 0 Å². The van der Waals surface area contributed by atoms with E-state index >= 15 is 0 Å². The molecule has 0 amide bonds. The van der Waals surface area contributed by atoms with Gasteiger partial charge in [0.25, 0.3) is 0 Å². The summed E-state index contributed by atoms with van der Waals surface area (Å²) in [5, 5.41) is 3.29. The first-order valence-corrected chi connectivity index (χ1v) is 5.71. The minimum absolute atomic E-state index is 0.449. The van der Waals surface area contributed by atoms with Crippen molar-refractivity contribution in [2.75, 3.05) is 13.7 Å². The smallest absolute Gasteiger partial charge is 0.119 e. The lowest BCUT2D eigenvalue weighted by Crippen LogP contribution is -2.14. The van der Waals surface area contributed by atoms with Gasteiger partial charge in [-0.3, -0.25) is 0 Å². The van der Waals surface area contributed by atoms with E-state index in [2.05, 4.69) is 31.3 Å². The second-order valence-electron chi connectivity index (χ2n) is 3.67. The van der Waals surface area contributed by atoms with E-state index in [4.69, 9.17) is 4.74 Å². The fourth-order valence-corrected chi connectivity index (χ4v) is 1.62. The van der Waals surface area contributed by atoms with Gasteiger partial charge in [-0.1, -0.05) is 26.0 Å². The number of benzene rings is 1. The van der Waals surface area contributed by atoms with Gasteiger partial charge in [-0.2, -0.15) is 0 Å². The second-order valence-corrected chi connectivity index (χ2v) is 3.67. The Morgan fingerprint density at radius 1 is 1.20 bits per heavy atom. The predicted molar refractivity (Wildman–Crippen MR) is 64.3 cm³/mol. The molecular formula is C13H21NO. The van der Waals surface area contributed by atoms with Crippen LogP contribution in [0.25, 0.3) is 0 Å². The van der Waals surface area contributed by atoms with Gasteiger partial charge < -0.3 is 10.1 Å². The monoisotopic (exact) mass is 207 g/mol. The first kappa shape index (κ1) is 12.1. The third-order valence-electron chi connectivity index (χ3n) is 2.51. The van der Waals surface area contributed by atoms with Gasteiger partial charge in [-0.05, 0) is 37.6 Å². The molecule has 2 nitrogen and oxygen atoms in total. The predicted octanol–water partition coefficient (Wildman–Crippen LogP) is 3.15. The molecule has 0 aromatic heterocycles. The lowest BCUT2D eigenvalue weighted by molar-refractivity contribution is 0.317. The van der Waals surface area contributed by atoms with Gasteiger partial charge in [-0.25, -0.2) is 0 Å². The third kappa shape index (κ3) is 3.56. The Bertz CT molecular complexity index is 264. The second kappa shape index (κ2) is 6.46. The van der Waals surface area contributed by atoms with Crippen LogP contribution in [0.15, 0.2) is 24.3 Å². The minimum atomic E-state index is 0.449. The quantitative estimate of drug-likeness (QED) is 0.773. The van der Waals surface area contributed by atoms with Gasteiger partial charge >= 0.3 is 0 Å². The minimum Gasteiger partial charge on any atom is -0.494 e. The number of hydrogen-bond acceptors (Lipinski definition) is 2. The molecule has 0 bridgehead atoms. The Morgan fingerprint density at radius 3 is 2.33 bits per heavy atom. The molecule has 0 fully saturated rings. The number of nitrogens with one attached hydrogen (secondary N) is 1. The van der Waals surface area contributed by atoms with Crippen LogP contribution in [0.5, 0.6) is 5.75 Å². The molecule has 2 heteroatoms. The van der Waals surface area contributed by atoms with E-state index in [1.807, 2.05) is 19.2 Å². The topological polar surface area (TPSA) is 21.3 Å². The van der Waals surface area contributed by atoms with Crippen molar-refractivity contribution in [3.8, 4) is 5.75 Å². The van der Waals surface area contributed by atoms with Crippen LogP contribution in [-0.2, 0) is 0 Å². The third-order valence-corrected chi connectivity index (χ3v) is 2.51. The van der Waals surface area contributed by atoms with Crippen molar-refractivity contribution in [2.45, 2.75) is 32.7 Å². The summed E-state index contributed by atoms with van der Waals surface area (Å²) in [5.41, 5.74) is 1.32. The van der Waals surface area contributed by atoms with Crippen molar-refractivity contribution in [1.82, 2.24) is 5.32 Å². The summed E-state index contributed by atoms with van der Waals surface area (Å²) in [4.78, 5) is 0. The molecule has 0 radical (unpaired) electrons. The number of hydrogen-bond donors (Lipinski definition) is 1. The van der Waals surface area contributed by atoms with Crippen LogP contribution in [-0.4, -0.2) is 13.7 Å². The molecule has 0 heterocycles. The standard InChI is InChI=1S/C13H21NO/c1-4-10-15-12-8-6-11(7-9-12)13(5-2)14-3/h6-9,13-14H,4-5,10H2,1-3H3. The summed E-state index contributed by atoms with van der Waals surface area (Å²) in [6, 6.07) is 8.81. The SMILES string of the molecule is CCCOc1ccc(C(CC)NC)cc1. The zero-order chi connectivity index (χ0) is 11.1. The molecule has 1 aromatic rings. The summed E-state index contributed by atoms with van der Waals surface area (Å²) < 4.78 is 5.54. The van der Waals surface area contributed by atoms with Crippen molar-refractivity contribution >= 4 is 0 Å². The van der Waals surface area contributed by atoms with Gasteiger partial charge in [0.15, 0.2) is 0 Å². The van der Waals surface area contributed by atoms with Crippen molar-refractivity contribution in [2.24, 2.45) is 0 Å². The van der Waals surface area contributed by atoms with E-state index in [1.165, 1.54) is 5.56 Å². The first-order chi connectivity index (χ1) is 7.31. The van der Waals surface area contributed by atoms with Gasteiger partial charge in [0.1, 0.15) is 5.75 Å². The van der Waals surface area contributed by atoms with E-state index in [0.717, 1.165) is 25.2 Å². The highest BCUT2D eigenvalue weighted by atomic mass is 16.5. The van der Waals surface area contributed by atoms with Crippen LogP contribution in [0.4, 0.5) is 0 Å². The van der Waals surface area contributed by atoms with Crippen LogP contribution in [0.1, 0.15) is 38.3 Å². The molecule has 1 aromatic carbocycles. The Labute approximate surface area is 92.6 Å². The summed E-state index contributed by atoms with van der Waals surface area (Å²) >= 11 is 0. The molecule has 15 heavy (non-hydrogen) atoms. The fraction of sp³-hybridized carbons (Fsp3) is 0.538. The Morgan fingerprint density at radius 2 is 1.87 bits per heavy atom. The largest absolute Gasteiger partial charge is 0.494 e. The normalized spacial score (nSPS) is 12.5. The maximum absolute atomic E-state index is 5.54. The van der Waals surface area contributed by atoms with E-state index in [0.29, 0.717) is 6.04 Å². The maximum Gasteiger partial charge on any atom is 0.119 e. The lowest BCUT2D eigenvalue weighted by Gasteiger charge is -2.14. The molecule has 1 rings (SSSR count). The number of rotatable bonds is 6. The van der Waals surface area contributed by atoms with Crippen LogP contribution in [0, 0.1) is 0 Å². The van der Waals surface area contributed by atoms with E-state index < -0.39 is 0 Å². The molecule has 0 aliphatic heterocycles. The van der Waals surface area contributed by atoms with Crippen molar-refractivity contribution in [3.63, 3.8) is 0 Å². The lowest BCUT2D eigenvalue weighted by atomic mass is 10.1. The molecule has 0 saturated carbocycles. The van der Waals surface area contributed by atoms with Crippen LogP contribution >= 0.6 is 0 Å². The van der Waals surface area contributed by atoms with Crippen LogP contribution in [0.3, 0.4) is 0 Å². The van der Waals surface area contributed by atoms with Gasteiger partial charge in [-0.15, -0.1) is 0 Å². The molecule has 0 spiro atoms. The highest BCUT2D eigenvalue weighted by Crippen LogP contribution is 2.19. The Kier molecular flexibility index (Phi) is 5.19. The summed E-state index contributed by atoms with van der Waals surface area (Å²) in [6.07, 6.45) is 2.15. The van der Waals surface area contributed by atoms with Crippen LogP contribution < -0.4 is 10.1 Å². The summed E-state index contributed by atoms with van der Waals surface area (Å²) in [6.45, 7) is 5.09. The maximum atomic E-state index is 5.54. The van der Waals surface area contributed by atoms with Gasteiger partial charge in [0.2, 0.25) is 0 Å². The zero-order valence-corrected chi connectivity index (χ0v) is 9.92. The average molecular weight is 207 g/mol. The molecule has 0 saturated heterocycles. The Hall–Kier alpha value is -1.02. The average Bonchev–Trinajstić information content (AvgIpc) is 2.29. The summed E-state index contributed by atoms with van der Waals surface area (Å²) in [5.74, 6) is 0.964. The van der Waals surface area contributed by atoms with Crippen molar-refractivity contribution in [3.05, 3.63) is 29.8 Å². The molecule has 1 atom stereocenters. The highest BCUT2D eigenvalue weighted by Gasteiger charge is 2.05. The molecule has 0 aliphatic rings. The van der Waals surface area contributed by atoms with Gasteiger partial charge in [0, 0.05) is 6.04 Å². The van der Waals surface area contributed by atoms with Gasteiger partial charge in [0.05, 0.1) is 6.61 Å². The highest BCUT2D eigenvalue weighted by molar-refractivity contribution is 5.29. The van der Waals surface area contributed by atoms with E-state index in [-0.39, 0.29) is 0 Å². The first-order valence-electron chi connectivity index (χ1n) is 5.71. The zero-order valence-electron chi connectivity index (χ0n) is 9.92. The van der Waals surface area contributed by atoms with E-state index in [9.17, 15) is 0 Å². The molecule has 1 N–H and O–H groups in total. The summed E-state index contributed by atoms with van der Waals surface area (Å²) in [7, 11) is 2.00. The molecule has 84 valence electrons. The molecule has 0 aliphatic carbocycles. The van der Waals surface area contributed by atoms with Crippen molar-refractivity contribution in [1.29, 1.82) is 0 Å². The fourth-order valence-electron chi connectivity index (χ4n) is 1.62. The Balaban J connectivity index is 2.62. The van der Waals surface area contributed by atoms with Crippen molar-refractivity contribution < 1.29 is 4.74 Å². The molecule has 1 unspecified atom stereocenters. The molecular weight excluding hydrogens is 186 g/mol. The van der Waals surface area contributed by atoms with E-state index in [1.54, 1.807) is 0 Å².